The largest absolute Gasteiger partial charge is 0.395 e. The minimum Gasteiger partial charge on any atom is -0.395 e. The normalized spacial score (nSPS) is 9.60. The second kappa shape index (κ2) is 18.1. The minimum absolute atomic E-state index is 0.0244. The van der Waals surface area contributed by atoms with Crippen molar-refractivity contribution in [3.63, 3.8) is 0 Å². The van der Waals surface area contributed by atoms with Crippen molar-refractivity contribution >= 4 is 5.91 Å². The van der Waals surface area contributed by atoms with Crippen LogP contribution in [0.1, 0.15) is 58.3 Å². The number of unbranched alkanes of at least 4 members (excludes halogenated alkanes) is 7. The predicted molar refractivity (Wildman–Crippen MR) is 84.8 cm³/mol. The zero-order valence-corrected chi connectivity index (χ0v) is 13.0. The van der Waals surface area contributed by atoms with Gasteiger partial charge in [0, 0.05) is 13.1 Å². The predicted octanol–water partition coefficient (Wildman–Crippen LogP) is 1.95. The second-order valence-corrected chi connectivity index (χ2v) is 4.73. The van der Waals surface area contributed by atoms with Crippen molar-refractivity contribution in [2.45, 2.75) is 58.3 Å². The van der Waals surface area contributed by atoms with Crippen LogP contribution in [0.4, 0.5) is 0 Å². The van der Waals surface area contributed by atoms with Gasteiger partial charge < -0.3 is 10.0 Å². The number of amides is 1. The lowest BCUT2D eigenvalue weighted by Gasteiger charge is -2.19. The molecule has 20 heavy (non-hydrogen) atoms. The summed E-state index contributed by atoms with van der Waals surface area (Å²) in [6, 6.07) is 0. The van der Waals surface area contributed by atoms with Gasteiger partial charge in [-0.05, 0) is 12.5 Å². The smallest absolute Gasteiger partial charge is 0.246 e. The van der Waals surface area contributed by atoms with Crippen molar-refractivity contribution in [1.82, 2.24) is 4.90 Å². The SMILES string of the molecule is C=CC(=O)N(CCO)CCCCCCCCCC.NN. The van der Waals surface area contributed by atoms with Crippen molar-refractivity contribution < 1.29 is 9.90 Å². The van der Waals surface area contributed by atoms with Crippen LogP contribution in [-0.2, 0) is 4.79 Å². The van der Waals surface area contributed by atoms with Gasteiger partial charge in [-0.1, -0.05) is 58.4 Å². The highest BCUT2D eigenvalue weighted by molar-refractivity contribution is 5.86. The maximum absolute atomic E-state index is 11.4. The van der Waals surface area contributed by atoms with Gasteiger partial charge in [-0.2, -0.15) is 0 Å². The lowest BCUT2D eigenvalue weighted by molar-refractivity contribution is -0.126. The molecule has 1 amide bonds. The average molecular weight is 287 g/mol. The first kappa shape index (κ1) is 21.4. The number of aliphatic hydroxyl groups excluding tert-OH is 1. The summed E-state index contributed by atoms with van der Waals surface area (Å²) < 4.78 is 0. The third-order valence-electron chi connectivity index (χ3n) is 3.14. The van der Waals surface area contributed by atoms with Crippen LogP contribution in [0.25, 0.3) is 0 Å². The van der Waals surface area contributed by atoms with Gasteiger partial charge in [0.2, 0.25) is 5.91 Å². The molecule has 0 unspecified atom stereocenters. The molecule has 0 bridgehead atoms. The highest BCUT2D eigenvalue weighted by Gasteiger charge is 2.08. The summed E-state index contributed by atoms with van der Waals surface area (Å²) in [5, 5.41) is 8.88. The first-order valence-corrected chi connectivity index (χ1v) is 7.61. The Morgan fingerprint density at radius 3 is 2.00 bits per heavy atom. The molecule has 0 aromatic rings. The van der Waals surface area contributed by atoms with Gasteiger partial charge in [0.15, 0.2) is 0 Å². The molecule has 0 aliphatic heterocycles. The molecule has 0 spiro atoms. The zero-order valence-electron chi connectivity index (χ0n) is 13.0. The van der Waals surface area contributed by atoms with E-state index in [1.54, 1.807) is 4.90 Å². The van der Waals surface area contributed by atoms with E-state index < -0.39 is 0 Å². The Kier molecular flexibility index (Phi) is 19.3. The fourth-order valence-corrected chi connectivity index (χ4v) is 2.02. The lowest BCUT2D eigenvalue weighted by Crippen LogP contribution is -2.33. The van der Waals surface area contributed by atoms with Gasteiger partial charge >= 0.3 is 0 Å². The van der Waals surface area contributed by atoms with Crippen LogP contribution in [0.3, 0.4) is 0 Å². The van der Waals surface area contributed by atoms with Crippen LogP contribution in [-0.4, -0.2) is 35.6 Å². The third-order valence-corrected chi connectivity index (χ3v) is 3.14. The maximum Gasteiger partial charge on any atom is 0.246 e. The first-order chi connectivity index (χ1) is 9.76. The molecule has 0 saturated heterocycles. The molecular formula is C15H33N3O2. The Hall–Kier alpha value is -0.910. The van der Waals surface area contributed by atoms with Gasteiger partial charge in [-0.15, -0.1) is 0 Å². The molecule has 5 heteroatoms. The monoisotopic (exact) mass is 287 g/mol. The number of aliphatic hydroxyl groups is 1. The number of rotatable bonds is 12. The van der Waals surface area contributed by atoms with Crippen LogP contribution in [0.2, 0.25) is 0 Å². The highest BCUT2D eigenvalue weighted by Crippen LogP contribution is 2.09. The molecule has 0 aromatic heterocycles. The van der Waals surface area contributed by atoms with E-state index in [1.807, 2.05) is 0 Å². The van der Waals surface area contributed by atoms with Crippen molar-refractivity contribution in [2.24, 2.45) is 11.7 Å². The van der Waals surface area contributed by atoms with E-state index in [-0.39, 0.29) is 12.5 Å². The van der Waals surface area contributed by atoms with Crippen LogP contribution in [0.5, 0.6) is 0 Å². The van der Waals surface area contributed by atoms with Crippen molar-refractivity contribution in [3.8, 4) is 0 Å². The van der Waals surface area contributed by atoms with Crippen LogP contribution in [0.15, 0.2) is 12.7 Å². The maximum atomic E-state index is 11.4. The van der Waals surface area contributed by atoms with Crippen LogP contribution in [0, 0.1) is 0 Å². The fraction of sp³-hybridized carbons (Fsp3) is 0.800. The minimum atomic E-state index is -0.0769. The third kappa shape index (κ3) is 13.5. The molecule has 5 nitrogen and oxygen atoms in total. The van der Waals surface area contributed by atoms with Gasteiger partial charge in [-0.25, -0.2) is 0 Å². The van der Waals surface area contributed by atoms with E-state index in [1.165, 1.54) is 51.0 Å². The van der Waals surface area contributed by atoms with Crippen molar-refractivity contribution in [2.75, 3.05) is 19.7 Å². The average Bonchev–Trinajstić information content (AvgIpc) is 2.50. The molecule has 0 aliphatic carbocycles. The summed E-state index contributed by atoms with van der Waals surface area (Å²) in [7, 11) is 0. The van der Waals surface area contributed by atoms with E-state index in [9.17, 15) is 4.79 Å². The molecule has 5 N–H and O–H groups in total. The zero-order chi connectivity index (χ0) is 15.6. The van der Waals surface area contributed by atoms with E-state index >= 15 is 0 Å². The summed E-state index contributed by atoms with van der Waals surface area (Å²) in [6.07, 6.45) is 11.4. The van der Waals surface area contributed by atoms with Gasteiger partial charge in [0.25, 0.3) is 0 Å². The van der Waals surface area contributed by atoms with Crippen LogP contribution < -0.4 is 11.7 Å². The Bertz CT molecular complexity index is 223. The quantitative estimate of drug-likeness (QED) is 0.221. The molecule has 0 radical (unpaired) electrons. The summed E-state index contributed by atoms with van der Waals surface area (Å²) >= 11 is 0. The van der Waals surface area contributed by atoms with Gasteiger partial charge in [-0.3, -0.25) is 16.5 Å². The summed E-state index contributed by atoms with van der Waals surface area (Å²) in [4.78, 5) is 13.1. The molecule has 0 saturated carbocycles. The Morgan fingerprint density at radius 2 is 1.55 bits per heavy atom. The molecule has 0 aliphatic rings. The molecule has 0 fully saturated rings. The molecule has 0 heterocycles. The number of hydrogen-bond acceptors (Lipinski definition) is 4. The Balaban J connectivity index is 0. The Morgan fingerprint density at radius 1 is 1.05 bits per heavy atom. The Labute approximate surface area is 124 Å². The molecule has 0 aromatic carbocycles. The number of carbonyl (C=O) groups excluding carboxylic acids is 1. The van der Waals surface area contributed by atoms with Gasteiger partial charge in [0.1, 0.15) is 0 Å². The summed E-state index contributed by atoms with van der Waals surface area (Å²) in [5.74, 6) is 7.92. The van der Waals surface area contributed by atoms with Crippen LogP contribution >= 0.6 is 0 Å². The van der Waals surface area contributed by atoms with E-state index in [4.69, 9.17) is 5.11 Å². The molecule has 0 rings (SSSR count). The molecular weight excluding hydrogens is 254 g/mol. The number of nitrogens with zero attached hydrogens (tertiary/aromatic N) is 1. The van der Waals surface area contributed by atoms with E-state index in [0.29, 0.717) is 6.54 Å². The fourth-order valence-electron chi connectivity index (χ4n) is 2.02. The molecule has 0 atom stereocenters. The van der Waals surface area contributed by atoms with Crippen molar-refractivity contribution in [1.29, 1.82) is 0 Å². The molecule has 120 valence electrons. The summed E-state index contributed by atoms with van der Waals surface area (Å²) in [6.45, 7) is 6.88. The van der Waals surface area contributed by atoms with E-state index in [2.05, 4.69) is 25.2 Å². The van der Waals surface area contributed by atoms with Crippen molar-refractivity contribution in [3.05, 3.63) is 12.7 Å². The second-order valence-electron chi connectivity index (χ2n) is 4.73. The lowest BCUT2D eigenvalue weighted by atomic mass is 10.1. The highest BCUT2D eigenvalue weighted by atomic mass is 16.3. The van der Waals surface area contributed by atoms with E-state index in [0.717, 1.165) is 13.0 Å². The first-order valence-electron chi connectivity index (χ1n) is 7.61. The number of hydrazine groups is 1. The topological polar surface area (TPSA) is 92.6 Å². The van der Waals surface area contributed by atoms with Gasteiger partial charge in [0.05, 0.1) is 6.61 Å². The number of carbonyl (C=O) groups is 1. The summed E-state index contributed by atoms with van der Waals surface area (Å²) in [5.41, 5.74) is 0. The number of hydrogen-bond donors (Lipinski definition) is 3. The standard InChI is InChI=1S/C15H29NO2.H4N2/c1-3-5-6-7-8-9-10-11-12-16(13-14-17)15(18)4-2;1-2/h4,17H,2-3,5-14H2,1H3;1-2H2. The number of nitrogens with two attached hydrogens (primary N) is 2.